The van der Waals surface area contributed by atoms with Crippen LogP contribution in [0.1, 0.15) is 11.8 Å². The number of hydrogen-bond donors (Lipinski definition) is 0. The van der Waals surface area contributed by atoms with E-state index in [1.807, 2.05) is 0 Å². The van der Waals surface area contributed by atoms with E-state index in [-0.39, 0.29) is 6.10 Å². The highest BCUT2D eigenvalue weighted by Gasteiger charge is 2.26. The molecule has 14 heavy (non-hydrogen) atoms. The Morgan fingerprint density at radius 3 is 3.07 bits per heavy atom. The second kappa shape index (κ2) is 2.81. The highest BCUT2D eigenvalue weighted by Crippen LogP contribution is 2.27. The smallest absolute Gasteiger partial charge is 0.175 e. The van der Waals surface area contributed by atoms with E-state index in [1.165, 1.54) is 11.0 Å². The molecule has 0 aliphatic carbocycles. The highest BCUT2D eigenvalue weighted by molar-refractivity contribution is 5.19. The van der Waals surface area contributed by atoms with Gasteiger partial charge in [-0.1, -0.05) is 0 Å². The quantitative estimate of drug-likeness (QED) is 0.595. The molecular formula is C7H6N6O. The lowest BCUT2D eigenvalue weighted by atomic mass is 10.3. The van der Waals surface area contributed by atoms with Crippen LogP contribution in [0.2, 0.25) is 0 Å². The summed E-state index contributed by atoms with van der Waals surface area (Å²) in [5.74, 6) is 0.600. The number of ether oxygens (including phenoxy) is 1. The van der Waals surface area contributed by atoms with Crippen LogP contribution in [0.5, 0.6) is 0 Å². The Hall–Kier alpha value is -1.89. The van der Waals surface area contributed by atoms with Gasteiger partial charge in [0.25, 0.3) is 0 Å². The van der Waals surface area contributed by atoms with Gasteiger partial charge < -0.3 is 4.74 Å². The van der Waals surface area contributed by atoms with Crippen molar-refractivity contribution in [1.82, 2.24) is 30.2 Å². The van der Waals surface area contributed by atoms with E-state index >= 15 is 0 Å². The van der Waals surface area contributed by atoms with Crippen LogP contribution >= 0.6 is 0 Å². The van der Waals surface area contributed by atoms with Crippen molar-refractivity contribution >= 4 is 0 Å². The van der Waals surface area contributed by atoms with Crippen molar-refractivity contribution in [2.45, 2.75) is 6.10 Å². The standard InChI is InChI=1S/C7H6N6O/c1-5(6-3-14-6)10-7(2-8-1)13-4-9-11-12-13/h1-2,4,6H,3H2/t6-/m1/s1. The van der Waals surface area contributed by atoms with E-state index in [4.69, 9.17) is 4.74 Å². The highest BCUT2D eigenvalue weighted by atomic mass is 16.6. The molecule has 0 bridgehead atoms. The summed E-state index contributed by atoms with van der Waals surface area (Å²) in [6.45, 7) is 0.716. The van der Waals surface area contributed by atoms with E-state index in [0.717, 1.165) is 5.69 Å². The maximum absolute atomic E-state index is 5.10. The third kappa shape index (κ3) is 1.23. The van der Waals surface area contributed by atoms with Gasteiger partial charge in [0.2, 0.25) is 0 Å². The molecule has 1 aliphatic heterocycles. The van der Waals surface area contributed by atoms with E-state index in [0.29, 0.717) is 12.4 Å². The molecule has 70 valence electrons. The van der Waals surface area contributed by atoms with Crippen LogP contribution in [0.15, 0.2) is 18.7 Å². The lowest BCUT2D eigenvalue weighted by molar-refractivity contribution is 0.410. The van der Waals surface area contributed by atoms with Gasteiger partial charge in [-0.05, 0) is 10.4 Å². The van der Waals surface area contributed by atoms with E-state index in [2.05, 4.69) is 25.5 Å². The Bertz CT molecular complexity index is 437. The molecular weight excluding hydrogens is 184 g/mol. The zero-order chi connectivity index (χ0) is 9.38. The van der Waals surface area contributed by atoms with Crippen LogP contribution in [-0.2, 0) is 4.74 Å². The second-order valence-corrected chi connectivity index (χ2v) is 2.88. The lowest BCUT2D eigenvalue weighted by Gasteiger charge is -1.98. The Balaban J connectivity index is 2.02. The predicted molar refractivity (Wildman–Crippen MR) is 43.4 cm³/mol. The van der Waals surface area contributed by atoms with Gasteiger partial charge in [0, 0.05) is 0 Å². The molecule has 1 saturated heterocycles. The molecule has 2 aromatic heterocycles. The first-order valence-electron chi connectivity index (χ1n) is 4.10. The largest absolute Gasteiger partial charge is 0.366 e. The summed E-state index contributed by atoms with van der Waals surface area (Å²) < 4.78 is 6.56. The molecule has 1 aliphatic rings. The average molecular weight is 190 g/mol. The molecule has 0 unspecified atom stereocenters. The minimum atomic E-state index is 0.0962. The molecule has 0 radical (unpaired) electrons. The summed E-state index contributed by atoms with van der Waals surface area (Å²) in [6, 6.07) is 0. The normalized spacial score (nSPS) is 19.6. The minimum absolute atomic E-state index is 0.0962. The summed E-state index contributed by atoms with van der Waals surface area (Å²) in [4.78, 5) is 8.35. The Kier molecular flexibility index (Phi) is 1.51. The molecule has 7 nitrogen and oxygen atoms in total. The topological polar surface area (TPSA) is 81.9 Å². The zero-order valence-electron chi connectivity index (χ0n) is 7.11. The lowest BCUT2D eigenvalue weighted by Crippen LogP contribution is -2.01. The third-order valence-corrected chi connectivity index (χ3v) is 1.89. The molecule has 1 atom stereocenters. The van der Waals surface area contributed by atoms with Crippen molar-refractivity contribution < 1.29 is 4.74 Å². The van der Waals surface area contributed by atoms with Crippen molar-refractivity contribution in [3.05, 3.63) is 24.4 Å². The molecule has 0 saturated carbocycles. The van der Waals surface area contributed by atoms with Gasteiger partial charge in [0.05, 0.1) is 24.7 Å². The fraction of sp³-hybridized carbons (Fsp3) is 0.286. The Labute approximate surface area is 78.7 Å². The van der Waals surface area contributed by atoms with E-state index in [9.17, 15) is 0 Å². The number of aromatic nitrogens is 6. The van der Waals surface area contributed by atoms with Crippen LogP contribution < -0.4 is 0 Å². The van der Waals surface area contributed by atoms with Gasteiger partial charge in [0.15, 0.2) is 5.82 Å². The van der Waals surface area contributed by atoms with Gasteiger partial charge in [0.1, 0.15) is 12.4 Å². The van der Waals surface area contributed by atoms with Crippen molar-refractivity contribution in [3.63, 3.8) is 0 Å². The fourth-order valence-corrected chi connectivity index (χ4v) is 1.12. The molecule has 3 heterocycles. The SMILES string of the molecule is c1ncc(-n2cnnn2)nc1[C@H]1CO1. The summed E-state index contributed by atoms with van der Waals surface area (Å²) in [5.41, 5.74) is 0.818. The molecule has 2 aromatic rings. The predicted octanol–water partition coefficient (Wildman–Crippen LogP) is -0.476. The maximum Gasteiger partial charge on any atom is 0.175 e. The maximum atomic E-state index is 5.10. The molecule has 0 aromatic carbocycles. The van der Waals surface area contributed by atoms with Gasteiger partial charge in [-0.15, -0.1) is 5.10 Å². The van der Waals surface area contributed by atoms with E-state index in [1.54, 1.807) is 12.4 Å². The minimum Gasteiger partial charge on any atom is -0.366 e. The number of rotatable bonds is 2. The Morgan fingerprint density at radius 2 is 2.36 bits per heavy atom. The zero-order valence-corrected chi connectivity index (χ0v) is 7.11. The second-order valence-electron chi connectivity index (χ2n) is 2.88. The number of tetrazole rings is 1. The molecule has 0 spiro atoms. The molecule has 3 rings (SSSR count). The first kappa shape index (κ1) is 7.51. The van der Waals surface area contributed by atoms with Gasteiger partial charge in [-0.3, -0.25) is 4.98 Å². The molecule has 0 N–H and O–H groups in total. The number of nitrogens with zero attached hydrogens (tertiary/aromatic N) is 6. The van der Waals surface area contributed by atoms with Crippen molar-refractivity contribution in [1.29, 1.82) is 0 Å². The van der Waals surface area contributed by atoms with Crippen LogP contribution in [0, 0.1) is 0 Å². The average Bonchev–Trinajstić information content (AvgIpc) is 2.94. The van der Waals surface area contributed by atoms with Crippen molar-refractivity contribution in [2.75, 3.05) is 6.61 Å². The first-order valence-corrected chi connectivity index (χ1v) is 4.10. The van der Waals surface area contributed by atoms with Gasteiger partial charge in [-0.2, -0.15) is 4.68 Å². The van der Waals surface area contributed by atoms with Crippen molar-refractivity contribution in [2.24, 2.45) is 0 Å². The molecule has 0 amide bonds. The summed E-state index contributed by atoms with van der Waals surface area (Å²) in [7, 11) is 0. The first-order chi connectivity index (χ1) is 6.93. The number of epoxide rings is 1. The summed E-state index contributed by atoms with van der Waals surface area (Å²) in [6.07, 6.45) is 4.86. The summed E-state index contributed by atoms with van der Waals surface area (Å²) in [5, 5.41) is 10.8. The fourth-order valence-electron chi connectivity index (χ4n) is 1.12. The Morgan fingerprint density at radius 1 is 1.43 bits per heavy atom. The molecule has 7 heteroatoms. The number of hydrogen-bond acceptors (Lipinski definition) is 6. The van der Waals surface area contributed by atoms with Crippen LogP contribution in [0.4, 0.5) is 0 Å². The van der Waals surface area contributed by atoms with Crippen LogP contribution in [-0.4, -0.2) is 36.8 Å². The van der Waals surface area contributed by atoms with Crippen molar-refractivity contribution in [3.8, 4) is 5.82 Å². The monoisotopic (exact) mass is 190 g/mol. The summed E-state index contributed by atoms with van der Waals surface area (Å²) >= 11 is 0. The van der Waals surface area contributed by atoms with Crippen LogP contribution in [0.3, 0.4) is 0 Å². The third-order valence-electron chi connectivity index (χ3n) is 1.89. The van der Waals surface area contributed by atoms with Gasteiger partial charge in [-0.25, -0.2) is 4.98 Å². The van der Waals surface area contributed by atoms with Crippen LogP contribution in [0.25, 0.3) is 5.82 Å². The molecule has 1 fully saturated rings. The van der Waals surface area contributed by atoms with E-state index < -0.39 is 0 Å². The van der Waals surface area contributed by atoms with Gasteiger partial charge >= 0.3 is 0 Å².